The van der Waals surface area contributed by atoms with Gasteiger partial charge in [-0.1, -0.05) is 5.16 Å². The van der Waals surface area contributed by atoms with Crippen LogP contribution in [0, 0.1) is 19.8 Å². The molecule has 1 aromatic heterocycles. The summed E-state index contributed by atoms with van der Waals surface area (Å²) in [7, 11) is 2.08. The van der Waals surface area contributed by atoms with Gasteiger partial charge in [0, 0.05) is 38.2 Å². The Hall–Kier alpha value is -0.830. The minimum atomic E-state index is 0. The molecular formula is C15H27IN4O2. The predicted molar refractivity (Wildman–Crippen MR) is 97.8 cm³/mol. The highest BCUT2D eigenvalue weighted by Crippen LogP contribution is 2.15. The third-order valence-corrected chi connectivity index (χ3v) is 3.82. The topological polar surface area (TPSA) is 62.9 Å². The Kier molecular flexibility index (Phi) is 8.16. The van der Waals surface area contributed by atoms with Crippen LogP contribution in [0.1, 0.15) is 30.4 Å². The number of hydrogen-bond acceptors (Lipinski definition) is 4. The second-order valence-corrected chi connectivity index (χ2v) is 5.58. The Balaban J connectivity index is 0.00000242. The van der Waals surface area contributed by atoms with Crippen molar-refractivity contribution in [3.63, 3.8) is 0 Å². The summed E-state index contributed by atoms with van der Waals surface area (Å²) >= 11 is 0. The number of halogens is 1. The van der Waals surface area contributed by atoms with Gasteiger partial charge in [-0.3, -0.25) is 0 Å². The second kappa shape index (κ2) is 9.34. The fourth-order valence-corrected chi connectivity index (χ4v) is 2.55. The van der Waals surface area contributed by atoms with Crippen LogP contribution in [0.25, 0.3) is 0 Å². The van der Waals surface area contributed by atoms with Crippen molar-refractivity contribution in [2.45, 2.75) is 33.7 Å². The SMILES string of the molecule is CCNC(=NCc1c(C)noc1C)N(C)CC1CCOC1.I. The van der Waals surface area contributed by atoms with E-state index in [0.29, 0.717) is 12.5 Å². The lowest BCUT2D eigenvalue weighted by molar-refractivity contribution is 0.181. The van der Waals surface area contributed by atoms with E-state index >= 15 is 0 Å². The first-order valence-electron chi connectivity index (χ1n) is 7.60. The second-order valence-electron chi connectivity index (χ2n) is 5.58. The fourth-order valence-electron chi connectivity index (χ4n) is 2.55. The standard InChI is InChI=1S/C15H26N4O2.HI/c1-5-16-15(19(4)9-13-6-7-20-10-13)17-8-14-11(2)18-21-12(14)3;/h13H,5-10H2,1-4H3,(H,16,17);1H. The quantitative estimate of drug-likeness (QED) is 0.449. The molecule has 0 saturated carbocycles. The molecule has 0 amide bonds. The lowest BCUT2D eigenvalue weighted by Gasteiger charge is -2.24. The molecule has 0 aliphatic carbocycles. The van der Waals surface area contributed by atoms with E-state index in [2.05, 4.69) is 29.3 Å². The fraction of sp³-hybridized carbons (Fsp3) is 0.733. The van der Waals surface area contributed by atoms with E-state index in [-0.39, 0.29) is 24.0 Å². The van der Waals surface area contributed by atoms with Gasteiger partial charge in [-0.15, -0.1) is 24.0 Å². The summed E-state index contributed by atoms with van der Waals surface area (Å²) in [5, 5.41) is 7.32. The number of guanidine groups is 1. The number of aromatic nitrogens is 1. The molecule has 1 aliphatic rings. The average molecular weight is 422 g/mol. The number of aliphatic imine (C=N–C) groups is 1. The van der Waals surface area contributed by atoms with E-state index in [9.17, 15) is 0 Å². The summed E-state index contributed by atoms with van der Waals surface area (Å²) in [5.74, 6) is 2.36. The molecule has 1 fully saturated rings. The average Bonchev–Trinajstić information content (AvgIpc) is 3.06. The van der Waals surface area contributed by atoms with Gasteiger partial charge in [-0.25, -0.2) is 4.99 Å². The first kappa shape index (κ1) is 19.2. The summed E-state index contributed by atoms with van der Waals surface area (Å²) in [6, 6.07) is 0. The van der Waals surface area contributed by atoms with Crippen LogP contribution in [-0.4, -0.2) is 49.4 Å². The van der Waals surface area contributed by atoms with Crippen LogP contribution >= 0.6 is 24.0 Å². The molecule has 0 radical (unpaired) electrons. The zero-order valence-electron chi connectivity index (χ0n) is 13.9. The van der Waals surface area contributed by atoms with Crippen molar-refractivity contribution in [3.05, 3.63) is 17.0 Å². The summed E-state index contributed by atoms with van der Waals surface area (Å²) in [6.45, 7) is 10.1. The molecule has 22 heavy (non-hydrogen) atoms. The van der Waals surface area contributed by atoms with Crippen molar-refractivity contribution < 1.29 is 9.26 Å². The molecule has 7 heteroatoms. The van der Waals surface area contributed by atoms with Gasteiger partial charge in [-0.05, 0) is 27.2 Å². The van der Waals surface area contributed by atoms with Crippen molar-refractivity contribution in [1.29, 1.82) is 0 Å². The van der Waals surface area contributed by atoms with Crippen LogP contribution in [0.2, 0.25) is 0 Å². The van der Waals surface area contributed by atoms with E-state index in [1.807, 2.05) is 13.8 Å². The number of nitrogens with one attached hydrogen (secondary N) is 1. The van der Waals surface area contributed by atoms with Crippen LogP contribution in [-0.2, 0) is 11.3 Å². The van der Waals surface area contributed by atoms with Gasteiger partial charge < -0.3 is 19.5 Å². The van der Waals surface area contributed by atoms with Gasteiger partial charge in [0.25, 0.3) is 0 Å². The lowest BCUT2D eigenvalue weighted by atomic mass is 10.1. The predicted octanol–water partition coefficient (Wildman–Crippen LogP) is 2.34. The van der Waals surface area contributed by atoms with Crippen LogP contribution < -0.4 is 5.32 Å². The largest absolute Gasteiger partial charge is 0.381 e. The van der Waals surface area contributed by atoms with E-state index in [4.69, 9.17) is 14.3 Å². The molecule has 1 saturated heterocycles. The van der Waals surface area contributed by atoms with Gasteiger partial charge in [-0.2, -0.15) is 0 Å². The van der Waals surface area contributed by atoms with Crippen LogP contribution in [0.5, 0.6) is 0 Å². The lowest BCUT2D eigenvalue weighted by Crippen LogP contribution is -2.41. The van der Waals surface area contributed by atoms with Gasteiger partial charge in [0.05, 0.1) is 18.8 Å². The van der Waals surface area contributed by atoms with Gasteiger partial charge in [0.15, 0.2) is 5.96 Å². The molecule has 1 aliphatic heterocycles. The third kappa shape index (κ3) is 5.12. The van der Waals surface area contributed by atoms with Crippen molar-refractivity contribution >= 4 is 29.9 Å². The number of aryl methyl sites for hydroxylation is 2. The molecule has 6 nitrogen and oxygen atoms in total. The van der Waals surface area contributed by atoms with Crippen LogP contribution in [0.4, 0.5) is 0 Å². The van der Waals surface area contributed by atoms with E-state index in [1.165, 1.54) is 0 Å². The maximum absolute atomic E-state index is 5.44. The van der Waals surface area contributed by atoms with E-state index < -0.39 is 0 Å². The number of nitrogens with zero attached hydrogens (tertiary/aromatic N) is 3. The molecule has 2 rings (SSSR count). The normalized spacial score (nSPS) is 18.2. The molecule has 2 heterocycles. The minimum Gasteiger partial charge on any atom is -0.381 e. The summed E-state index contributed by atoms with van der Waals surface area (Å²) in [4.78, 5) is 6.89. The first-order valence-corrected chi connectivity index (χ1v) is 7.60. The summed E-state index contributed by atoms with van der Waals surface area (Å²) < 4.78 is 10.6. The van der Waals surface area contributed by atoms with E-state index in [0.717, 1.165) is 55.7 Å². The number of ether oxygens (including phenoxy) is 1. The third-order valence-electron chi connectivity index (χ3n) is 3.82. The summed E-state index contributed by atoms with van der Waals surface area (Å²) in [6.07, 6.45) is 1.13. The maximum atomic E-state index is 5.44. The Morgan fingerprint density at radius 3 is 2.77 bits per heavy atom. The summed E-state index contributed by atoms with van der Waals surface area (Å²) in [5.41, 5.74) is 1.99. The Bertz CT molecular complexity index is 464. The molecule has 0 bridgehead atoms. The number of rotatable bonds is 5. The highest BCUT2D eigenvalue weighted by Gasteiger charge is 2.19. The van der Waals surface area contributed by atoms with Gasteiger partial charge in [0.1, 0.15) is 5.76 Å². The Morgan fingerprint density at radius 1 is 1.45 bits per heavy atom. The maximum Gasteiger partial charge on any atom is 0.193 e. The molecule has 1 unspecified atom stereocenters. The van der Waals surface area contributed by atoms with E-state index in [1.54, 1.807) is 0 Å². The Labute approximate surface area is 149 Å². The van der Waals surface area contributed by atoms with Crippen LogP contribution in [0.15, 0.2) is 9.52 Å². The minimum absolute atomic E-state index is 0. The zero-order valence-corrected chi connectivity index (χ0v) is 16.2. The van der Waals surface area contributed by atoms with Crippen molar-refractivity contribution in [1.82, 2.24) is 15.4 Å². The molecule has 1 atom stereocenters. The smallest absolute Gasteiger partial charge is 0.193 e. The molecule has 0 spiro atoms. The highest BCUT2D eigenvalue weighted by molar-refractivity contribution is 14.0. The van der Waals surface area contributed by atoms with Crippen molar-refractivity contribution in [3.8, 4) is 0 Å². The van der Waals surface area contributed by atoms with Crippen molar-refractivity contribution in [2.75, 3.05) is 33.4 Å². The molecule has 1 N–H and O–H groups in total. The van der Waals surface area contributed by atoms with Crippen LogP contribution in [0.3, 0.4) is 0 Å². The Morgan fingerprint density at radius 2 is 2.23 bits per heavy atom. The monoisotopic (exact) mass is 422 g/mol. The highest BCUT2D eigenvalue weighted by atomic mass is 127. The van der Waals surface area contributed by atoms with Gasteiger partial charge in [0.2, 0.25) is 0 Å². The molecule has 1 aromatic rings. The van der Waals surface area contributed by atoms with Gasteiger partial charge >= 0.3 is 0 Å². The number of hydrogen-bond donors (Lipinski definition) is 1. The molecule has 0 aromatic carbocycles. The first-order chi connectivity index (χ1) is 10.1. The van der Waals surface area contributed by atoms with Crippen molar-refractivity contribution in [2.24, 2.45) is 10.9 Å². The molecule has 126 valence electrons. The zero-order chi connectivity index (χ0) is 15.2. The molecular weight excluding hydrogens is 395 g/mol.